The van der Waals surface area contributed by atoms with Crippen molar-refractivity contribution in [3.05, 3.63) is 35.4 Å². The lowest BCUT2D eigenvalue weighted by atomic mass is 9.93. The number of amidine groups is 1. The lowest BCUT2D eigenvalue weighted by Gasteiger charge is -2.34. The van der Waals surface area contributed by atoms with Gasteiger partial charge in [-0.25, -0.2) is 0 Å². The lowest BCUT2D eigenvalue weighted by Crippen LogP contribution is -2.38. The van der Waals surface area contributed by atoms with Crippen LogP contribution in [-0.2, 0) is 6.54 Å². The SMILES string of the molecule is NC(=NO)c1cccc(CN(CCO)C2CCCCC2)c1. The van der Waals surface area contributed by atoms with E-state index in [9.17, 15) is 5.11 Å². The molecule has 0 bridgehead atoms. The fourth-order valence-electron chi connectivity index (χ4n) is 3.09. The monoisotopic (exact) mass is 291 g/mol. The molecule has 1 aliphatic rings. The number of oxime groups is 1. The fraction of sp³-hybridized carbons (Fsp3) is 0.562. The molecule has 1 aromatic rings. The van der Waals surface area contributed by atoms with Crippen LogP contribution in [0.2, 0.25) is 0 Å². The highest BCUT2D eigenvalue weighted by molar-refractivity contribution is 5.97. The van der Waals surface area contributed by atoms with Gasteiger partial charge in [0.1, 0.15) is 0 Å². The molecule has 0 amide bonds. The van der Waals surface area contributed by atoms with Crippen LogP contribution in [0.5, 0.6) is 0 Å². The Hall–Kier alpha value is -1.59. The highest BCUT2D eigenvalue weighted by atomic mass is 16.4. The first-order chi connectivity index (χ1) is 10.2. The third-order valence-corrected chi connectivity index (χ3v) is 4.19. The summed E-state index contributed by atoms with van der Waals surface area (Å²) in [6, 6.07) is 8.29. The second-order valence-electron chi connectivity index (χ2n) is 5.67. The van der Waals surface area contributed by atoms with Crippen LogP contribution < -0.4 is 5.73 Å². The largest absolute Gasteiger partial charge is 0.409 e. The summed E-state index contributed by atoms with van der Waals surface area (Å²) in [6.07, 6.45) is 6.29. The van der Waals surface area contributed by atoms with Crippen molar-refractivity contribution in [2.24, 2.45) is 10.9 Å². The Morgan fingerprint density at radius 1 is 1.29 bits per heavy atom. The Bertz CT molecular complexity index is 470. The summed E-state index contributed by atoms with van der Waals surface area (Å²) in [5.41, 5.74) is 7.49. The van der Waals surface area contributed by atoms with E-state index in [-0.39, 0.29) is 12.4 Å². The molecular formula is C16H25N3O2. The molecule has 5 heteroatoms. The van der Waals surface area contributed by atoms with Crippen molar-refractivity contribution in [2.75, 3.05) is 13.2 Å². The predicted octanol–water partition coefficient (Wildman–Crippen LogP) is 1.91. The van der Waals surface area contributed by atoms with Crippen molar-refractivity contribution in [1.29, 1.82) is 0 Å². The smallest absolute Gasteiger partial charge is 0.170 e. The molecule has 0 saturated heterocycles. The van der Waals surface area contributed by atoms with Gasteiger partial charge in [0, 0.05) is 24.7 Å². The minimum atomic E-state index is 0.128. The topological polar surface area (TPSA) is 82.1 Å². The number of benzene rings is 1. The molecule has 5 nitrogen and oxygen atoms in total. The normalized spacial score (nSPS) is 17.3. The minimum absolute atomic E-state index is 0.128. The third-order valence-electron chi connectivity index (χ3n) is 4.19. The molecule has 0 aromatic heterocycles. The molecule has 21 heavy (non-hydrogen) atoms. The summed E-state index contributed by atoms with van der Waals surface area (Å²) in [5.74, 6) is 0.128. The second-order valence-corrected chi connectivity index (χ2v) is 5.67. The van der Waals surface area contributed by atoms with E-state index < -0.39 is 0 Å². The van der Waals surface area contributed by atoms with Gasteiger partial charge in [-0.15, -0.1) is 0 Å². The summed E-state index contributed by atoms with van der Waals surface area (Å²) in [7, 11) is 0. The van der Waals surface area contributed by atoms with E-state index in [4.69, 9.17) is 10.9 Å². The van der Waals surface area contributed by atoms with Gasteiger partial charge in [0.2, 0.25) is 0 Å². The maximum absolute atomic E-state index is 9.31. The van der Waals surface area contributed by atoms with Gasteiger partial charge in [0.15, 0.2) is 5.84 Å². The number of hydrogen-bond donors (Lipinski definition) is 3. The summed E-state index contributed by atoms with van der Waals surface area (Å²) >= 11 is 0. The van der Waals surface area contributed by atoms with Crippen molar-refractivity contribution in [1.82, 2.24) is 4.90 Å². The van der Waals surface area contributed by atoms with Crippen LogP contribution in [0, 0.1) is 0 Å². The molecule has 1 aliphatic carbocycles. The maximum Gasteiger partial charge on any atom is 0.170 e. The minimum Gasteiger partial charge on any atom is -0.409 e. The molecule has 0 unspecified atom stereocenters. The summed E-state index contributed by atoms with van der Waals surface area (Å²) < 4.78 is 0. The van der Waals surface area contributed by atoms with Crippen molar-refractivity contribution in [2.45, 2.75) is 44.7 Å². The lowest BCUT2D eigenvalue weighted by molar-refractivity contribution is 0.117. The van der Waals surface area contributed by atoms with Crippen molar-refractivity contribution >= 4 is 5.84 Å². The molecule has 0 spiro atoms. The number of hydrogen-bond acceptors (Lipinski definition) is 4. The van der Waals surface area contributed by atoms with Gasteiger partial charge < -0.3 is 16.0 Å². The van der Waals surface area contributed by atoms with Gasteiger partial charge in [0.05, 0.1) is 6.61 Å². The maximum atomic E-state index is 9.31. The molecule has 1 aromatic carbocycles. The predicted molar refractivity (Wildman–Crippen MR) is 83.3 cm³/mol. The van der Waals surface area contributed by atoms with Crippen molar-refractivity contribution in [3.63, 3.8) is 0 Å². The Morgan fingerprint density at radius 3 is 2.71 bits per heavy atom. The zero-order valence-corrected chi connectivity index (χ0v) is 12.4. The van der Waals surface area contributed by atoms with Gasteiger partial charge in [-0.3, -0.25) is 4.90 Å². The zero-order chi connectivity index (χ0) is 15.1. The number of nitrogens with two attached hydrogens (primary N) is 1. The molecular weight excluding hydrogens is 266 g/mol. The molecule has 4 N–H and O–H groups in total. The van der Waals surface area contributed by atoms with Crippen molar-refractivity contribution < 1.29 is 10.3 Å². The summed E-state index contributed by atoms with van der Waals surface area (Å²) in [4.78, 5) is 2.35. The van der Waals surface area contributed by atoms with Crippen LogP contribution >= 0.6 is 0 Å². The number of nitrogens with zero attached hydrogens (tertiary/aromatic N) is 2. The Morgan fingerprint density at radius 2 is 2.05 bits per heavy atom. The van der Waals surface area contributed by atoms with Gasteiger partial charge in [-0.05, 0) is 24.5 Å². The average molecular weight is 291 g/mol. The van der Waals surface area contributed by atoms with Crippen LogP contribution in [0.3, 0.4) is 0 Å². The van der Waals surface area contributed by atoms with Gasteiger partial charge >= 0.3 is 0 Å². The molecule has 116 valence electrons. The highest BCUT2D eigenvalue weighted by Gasteiger charge is 2.20. The Kier molecular flexibility index (Phi) is 6.02. The number of aliphatic hydroxyl groups excluding tert-OH is 1. The van der Waals surface area contributed by atoms with Crippen molar-refractivity contribution in [3.8, 4) is 0 Å². The van der Waals surface area contributed by atoms with Gasteiger partial charge in [0.25, 0.3) is 0 Å². The molecule has 1 saturated carbocycles. The third kappa shape index (κ3) is 4.44. The molecule has 0 aliphatic heterocycles. The van der Waals surface area contributed by atoms with Crippen LogP contribution in [0.25, 0.3) is 0 Å². The van der Waals surface area contributed by atoms with E-state index in [0.29, 0.717) is 12.6 Å². The van der Waals surface area contributed by atoms with Crippen LogP contribution in [0.15, 0.2) is 29.4 Å². The fourth-order valence-corrected chi connectivity index (χ4v) is 3.09. The Labute approximate surface area is 126 Å². The zero-order valence-electron chi connectivity index (χ0n) is 12.4. The van der Waals surface area contributed by atoms with E-state index in [1.807, 2.05) is 24.3 Å². The molecule has 1 fully saturated rings. The van der Waals surface area contributed by atoms with Crippen LogP contribution in [0.1, 0.15) is 43.2 Å². The summed E-state index contributed by atoms with van der Waals surface area (Å²) in [6.45, 7) is 1.66. The van der Waals surface area contributed by atoms with E-state index >= 15 is 0 Å². The van der Waals surface area contributed by atoms with E-state index in [0.717, 1.165) is 17.7 Å². The molecule has 2 rings (SSSR count). The second kappa shape index (κ2) is 8.00. The number of rotatable bonds is 6. The first-order valence-corrected chi connectivity index (χ1v) is 7.66. The average Bonchev–Trinajstić information content (AvgIpc) is 2.55. The highest BCUT2D eigenvalue weighted by Crippen LogP contribution is 2.24. The first kappa shape index (κ1) is 15.8. The number of aliphatic hydroxyl groups is 1. The standard InChI is InChI=1S/C16H25N3O2/c17-16(18-21)14-6-4-5-13(11-14)12-19(9-10-20)15-7-2-1-3-8-15/h4-6,11,15,20-21H,1-3,7-10,12H2,(H2,17,18). The van der Waals surface area contributed by atoms with E-state index in [1.54, 1.807) is 0 Å². The molecule has 0 radical (unpaired) electrons. The first-order valence-electron chi connectivity index (χ1n) is 7.66. The molecule has 0 heterocycles. The van der Waals surface area contributed by atoms with Gasteiger partial charge in [-0.1, -0.05) is 42.6 Å². The van der Waals surface area contributed by atoms with E-state index in [2.05, 4.69) is 10.1 Å². The van der Waals surface area contributed by atoms with Crippen LogP contribution in [-0.4, -0.2) is 40.2 Å². The van der Waals surface area contributed by atoms with E-state index in [1.165, 1.54) is 32.1 Å². The Balaban J connectivity index is 2.08. The summed E-state index contributed by atoms with van der Waals surface area (Å²) in [5, 5.41) is 21.1. The quantitative estimate of drug-likeness (QED) is 0.324. The van der Waals surface area contributed by atoms with Crippen LogP contribution in [0.4, 0.5) is 0 Å². The van der Waals surface area contributed by atoms with Gasteiger partial charge in [-0.2, -0.15) is 0 Å². The molecule has 0 atom stereocenters.